The number of rotatable bonds is 0. The molecule has 0 atom stereocenters. The van der Waals surface area contributed by atoms with E-state index in [1.807, 2.05) is 0 Å². The van der Waals surface area contributed by atoms with E-state index >= 15 is 0 Å². The van der Waals surface area contributed by atoms with Crippen molar-refractivity contribution in [1.82, 2.24) is 0 Å². The minimum atomic E-state index is -0.745. The van der Waals surface area contributed by atoms with Gasteiger partial charge in [-0.05, 0) is 25.0 Å². The fraction of sp³-hybridized carbons (Fsp3) is 0.231. The Balaban J connectivity index is 2.51. The van der Waals surface area contributed by atoms with E-state index in [4.69, 9.17) is 0 Å². The zero-order valence-corrected chi connectivity index (χ0v) is 9.75. The average Bonchev–Trinajstić information content (AvgIpc) is 2.73. The largest absolute Gasteiger partial charge is 0.386 e. The first-order chi connectivity index (χ1) is 8.43. The van der Waals surface area contributed by atoms with Gasteiger partial charge in [0, 0.05) is 11.1 Å². The zero-order chi connectivity index (χ0) is 13.2. The SMILES string of the molecule is Cc1c2c(c(C)c3c1C(=O)OC3=O)C(=O)CC2=O. The molecule has 0 saturated carbocycles. The summed E-state index contributed by atoms with van der Waals surface area (Å²) in [5.74, 6) is -2.09. The van der Waals surface area contributed by atoms with E-state index in [2.05, 4.69) is 4.74 Å². The van der Waals surface area contributed by atoms with Crippen molar-refractivity contribution >= 4 is 23.5 Å². The number of ketones is 2. The van der Waals surface area contributed by atoms with E-state index in [9.17, 15) is 19.2 Å². The predicted octanol–water partition coefficient (Wildman–Crippen LogP) is 1.38. The van der Waals surface area contributed by atoms with Crippen LogP contribution in [0.3, 0.4) is 0 Å². The molecule has 0 N–H and O–H groups in total. The molecule has 0 saturated heterocycles. The second kappa shape index (κ2) is 3.13. The van der Waals surface area contributed by atoms with E-state index in [-0.39, 0.29) is 40.2 Å². The number of carbonyl (C=O) groups excluding carboxylic acids is 4. The number of esters is 2. The van der Waals surface area contributed by atoms with Gasteiger partial charge < -0.3 is 4.74 Å². The molecule has 1 aromatic carbocycles. The van der Waals surface area contributed by atoms with E-state index in [0.717, 1.165) is 0 Å². The summed E-state index contributed by atoms with van der Waals surface area (Å²) >= 11 is 0. The van der Waals surface area contributed by atoms with E-state index in [1.165, 1.54) is 0 Å². The summed E-state index contributed by atoms with van der Waals surface area (Å²) in [5, 5.41) is 0. The lowest BCUT2D eigenvalue weighted by atomic mass is 9.89. The highest BCUT2D eigenvalue weighted by atomic mass is 16.6. The van der Waals surface area contributed by atoms with Crippen LogP contribution in [-0.4, -0.2) is 23.5 Å². The molecule has 0 bridgehead atoms. The van der Waals surface area contributed by atoms with E-state index in [1.54, 1.807) is 13.8 Å². The van der Waals surface area contributed by atoms with Gasteiger partial charge in [0.05, 0.1) is 17.5 Å². The zero-order valence-electron chi connectivity index (χ0n) is 9.75. The van der Waals surface area contributed by atoms with Crippen LogP contribution < -0.4 is 0 Å². The molecule has 0 unspecified atom stereocenters. The summed E-state index contributed by atoms with van der Waals surface area (Å²) < 4.78 is 4.54. The van der Waals surface area contributed by atoms with Gasteiger partial charge in [0.1, 0.15) is 0 Å². The summed E-state index contributed by atoms with van der Waals surface area (Å²) in [6, 6.07) is 0. The predicted molar refractivity (Wildman–Crippen MR) is 58.9 cm³/mol. The highest BCUT2D eigenvalue weighted by molar-refractivity contribution is 6.28. The van der Waals surface area contributed by atoms with Crippen molar-refractivity contribution in [2.45, 2.75) is 20.3 Å². The number of ether oxygens (including phenoxy) is 1. The number of hydrogen-bond donors (Lipinski definition) is 0. The van der Waals surface area contributed by atoms with Gasteiger partial charge in [-0.15, -0.1) is 0 Å². The highest BCUT2D eigenvalue weighted by Gasteiger charge is 2.41. The van der Waals surface area contributed by atoms with Crippen LogP contribution >= 0.6 is 0 Å². The van der Waals surface area contributed by atoms with Gasteiger partial charge >= 0.3 is 11.9 Å². The molecule has 0 radical (unpaired) electrons. The van der Waals surface area contributed by atoms with Crippen molar-refractivity contribution in [3.63, 3.8) is 0 Å². The summed E-state index contributed by atoms with van der Waals surface area (Å²) in [5.41, 5.74) is 1.53. The number of hydrogen-bond acceptors (Lipinski definition) is 5. The molecule has 1 heterocycles. The molecule has 1 aromatic rings. The Kier molecular flexibility index (Phi) is 1.88. The van der Waals surface area contributed by atoms with Gasteiger partial charge in [-0.1, -0.05) is 0 Å². The summed E-state index contributed by atoms with van der Waals surface area (Å²) in [7, 11) is 0. The van der Waals surface area contributed by atoms with Crippen molar-refractivity contribution < 1.29 is 23.9 Å². The first kappa shape index (κ1) is 10.8. The first-order valence-corrected chi connectivity index (χ1v) is 5.43. The summed E-state index contributed by atoms with van der Waals surface area (Å²) in [6.45, 7) is 3.13. The molecular formula is C13H8O5. The van der Waals surface area contributed by atoms with E-state index < -0.39 is 11.9 Å². The van der Waals surface area contributed by atoms with Crippen LogP contribution in [0.4, 0.5) is 0 Å². The maximum Gasteiger partial charge on any atom is 0.347 e. The molecule has 0 aromatic heterocycles. The lowest BCUT2D eigenvalue weighted by molar-refractivity contribution is 0.0443. The van der Waals surface area contributed by atoms with Crippen LogP contribution in [0, 0.1) is 13.8 Å². The minimum Gasteiger partial charge on any atom is -0.386 e. The molecular weight excluding hydrogens is 236 g/mol. The number of Topliss-reactive ketones (excluding diaryl/α,β-unsaturated/α-hetero) is 2. The third-order valence-corrected chi connectivity index (χ3v) is 3.47. The number of carbonyl (C=O) groups is 4. The van der Waals surface area contributed by atoms with Gasteiger partial charge in [-0.25, -0.2) is 9.59 Å². The molecule has 0 amide bonds. The van der Waals surface area contributed by atoms with E-state index in [0.29, 0.717) is 11.1 Å². The van der Waals surface area contributed by atoms with Crippen LogP contribution in [0.15, 0.2) is 0 Å². The second-order valence-corrected chi connectivity index (χ2v) is 4.45. The Hall–Kier alpha value is -2.30. The molecule has 5 heteroatoms. The van der Waals surface area contributed by atoms with Gasteiger partial charge in [0.2, 0.25) is 0 Å². The second-order valence-electron chi connectivity index (χ2n) is 4.45. The Labute approximate surface area is 102 Å². The quantitative estimate of drug-likeness (QED) is 0.509. The van der Waals surface area contributed by atoms with Gasteiger partial charge in [0.25, 0.3) is 0 Å². The van der Waals surface area contributed by atoms with Gasteiger partial charge in [-0.3, -0.25) is 9.59 Å². The molecule has 3 rings (SSSR count). The van der Waals surface area contributed by atoms with Crippen LogP contribution in [0.1, 0.15) is 59.0 Å². The molecule has 90 valence electrons. The molecule has 0 fully saturated rings. The van der Waals surface area contributed by atoms with Crippen molar-refractivity contribution in [3.05, 3.63) is 33.4 Å². The Morgan fingerprint density at radius 3 is 1.50 bits per heavy atom. The Bertz CT molecular complexity index is 569. The van der Waals surface area contributed by atoms with Crippen LogP contribution in [0.25, 0.3) is 0 Å². The Morgan fingerprint density at radius 1 is 0.722 bits per heavy atom. The third kappa shape index (κ3) is 1.06. The summed E-state index contributed by atoms with van der Waals surface area (Å²) in [4.78, 5) is 46.8. The number of benzene rings is 1. The lowest BCUT2D eigenvalue weighted by Crippen LogP contribution is -2.08. The number of cyclic esters (lactones) is 2. The summed E-state index contributed by atoms with van der Waals surface area (Å²) in [6.07, 6.45) is -0.191. The van der Waals surface area contributed by atoms with Crippen molar-refractivity contribution in [2.24, 2.45) is 0 Å². The topological polar surface area (TPSA) is 77.5 Å². The fourth-order valence-electron chi connectivity index (χ4n) is 2.72. The lowest BCUT2D eigenvalue weighted by Gasteiger charge is -2.09. The molecule has 5 nitrogen and oxygen atoms in total. The maximum absolute atomic E-state index is 11.8. The highest BCUT2D eigenvalue weighted by Crippen LogP contribution is 2.36. The smallest absolute Gasteiger partial charge is 0.347 e. The van der Waals surface area contributed by atoms with Crippen LogP contribution in [-0.2, 0) is 4.74 Å². The third-order valence-electron chi connectivity index (χ3n) is 3.47. The monoisotopic (exact) mass is 244 g/mol. The van der Waals surface area contributed by atoms with Crippen LogP contribution in [0.2, 0.25) is 0 Å². The standard InChI is InChI=1S/C13H8O5/c1-4-8-6(14)3-7(15)9(8)5(2)11-10(4)12(16)18-13(11)17/h3H2,1-2H3. The van der Waals surface area contributed by atoms with Crippen molar-refractivity contribution in [3.8, 4) is 0 Å². The maximum atomic E-state index is 11.8. The number of fused-ring (bicyclic) bond motifs is 2. The molecule has 2 aliphatic rings. The minimum absolute atomic E-state index is 0.124. The average molecular weight is 244 g/mol. The molecule has 1 aliphatic heterocycles. The van der Waals surface area contributed by atoms with Crippen molar-refractivity contribution in [2.75, 3.05) is 0 Å². The normalized spacial score (nSPS) is 17.0. The Morgan fingerprint density at radius 2 is 1.11 bits per heavy atom. The first-order valence-electron chi connectivity index (χ1n) is 5.43. The molecule has 18 heavy (non-hydrogen) atoms. The van der Waals surface area contributed by atoms with Crippen LogP contribution in [0.5, 0.6) is 0 Å². The van der Waals surface area contributed by atoms with Crippen molar-refractivity contribution in [1.29, 1.82) is 0 Å². The van der Waals surface area contributed by atoms with Gasteiger partial charge in [-0.2, -0.15) is 0 Å². The fourth-order valence-corrected chi connectivity index (χ4v) is 2.72. The van der Waals surface area contributed by atoms with Gasteiger partial charge in [0.15, 0.2) is 11.6 Å². The molecule has 0 spiro atoms. The molecule has 1 aliphatic carbocycles.